The predicted octanol–water partition coefficient (Wildman–Crippen LogP) is 1.38. The Hall–Kier alpha value is -1.66. The van der Waals surface area contributed by atoms with Crippen LogP contribution < -0.4 is 0 Å². The minimum Gasteiger partial charge on any atom is -0.462 e. The number of hydrogen-bond acceptors (Lipinski definition) is 6. The van der Waals surface area contributed by atoms with Crippen molar-refractivity contribution >= 4 is 11.9 Å². The van der Waals surface area contributed by atoms with Crippen molar-refractivity contribution in [1.82, 2.24) is 0 Å². The van der Waals surface area contributed by atoms with Crippen LogP contribution in [-0.4, -0.2) is 48.1 Å². The van der Waals surface area contributed by atoms with Crippen LogP contribution in [0.5, 0.6) is 0 Å². The molecule has 2 aliphatic carbocycles. The summed E-state index contributed by atoms with van der Waals surface area (Å²) < 4.78 is 16.6. The third kappa shape index (κ3) is 2.48. The number of rotatable bonds is 2. The zero-order valence-corrected chi connectivity index (χ0v) is 14.4. The second-order valence-electron chi connectivity index (χ2n) is 7.29. The minimum atomic E-state index is -1.14. The Labute approximate surface area is 141 Å². The maximum absolute atomic E-state index is 12.1. The smallest absolute Gasteiger partial charge is 0.334 e. The molecule has 0 bridgehead atoms. The summed E-state index contributed by atoms with van der Waals surface area (Å²) in [6.07, 6.45) is 0.726. The third-order valence-electron chi connectivity index (χ3n) is 5.63. The van der Waals surface area contributed by atoms with Gasteiger partial charge >= 0.3 is 11.9 Å². The molecule has 24 heavy (non-hydrogen) atoms. The van der Waals surface area contributed by atoms with Crippen LogP contribution in [0, 0.1) is 17.8 Å². The topological polar surface area (TPSA) is 82.1 Å². The molecule has 6 heteroatoms. The van der Waals surface area contributed by atoms with Gasteiger partial charge in [0.2, 0.25) is 0 Å². The Bertz CT molecular complexity index is 619. The van der Waals surface area contributed by atoms with Crippen molar-refractivity contribution in [2.24, 2.45) is 17.8 Å². The molecular formula is C18H24O6. The lowest BCUT2D eigenvalue weighted by Gasteiger charge is -2.37. The second kappa shape index (κ2) is 5.70. The lowest BCUT2D eigenvalue weighted by Crippen LogP contribution is -2.46. The highest BCUT2D eigenvalue weighted by molar-refractivity contribution is 5.91. The first-order valence-corrected chi connectivity index (χ1v) is 8.18. The van der Waals surface area contributed by atoms with E-state index >= 15 is 0 Å². The van der Waals surface area contributed by atoms with Gasteiger partial charge in [-0.05, 0) is 13.8 Å². The Morgan fingerprint density at radius 2 is 2.12 bits per heavy atom. The molecule has 3 rings (SSSR count). The van der Waals surface area contributed by atoms with Gasteiger partial charge in [-0.2, -0.15) is 0 Å². The third-order valence-corrected chi connectivity index (χ3v) is 5.63. The normalized spacial score (nSPS) is 44.3. The number of esters is 2. The SMILES string of the molecule is C=C1C(=O)OC2C1C(OC(C)=O)CC(C)(O)C1C(OC)C=C(C)C21. The summed E-state index contributed by atoms with van der Waals surface area (Å²) in [5.41, 5.74) is 0.168. The first-order valence-electron chi connectivity index (χ1n) is 8.18. The van der Waals surface area contributed by atoms with Gasteiger partial charge in [-0.3, -0.25) is 4.79 Å². The van der Waals surface area contributed by atoms with E-state index in [-0.39, 0.29) is 24.4 Å². The van der Waals surface area contributed by atoms with Crippen LogP contribution in [0.1, 0.15) is 27.2 Å². The molecule has 0 aromatic rings. The molecule has 1 aliphatic heterocycles. The first kappa shape index (κ1) is 17.2. The van der Waals surface area contributed by atoms with E-state index in [9.17, 15) is 14.7 Å². The van der Waals surface area contributed by atoms with Crippen LogP contribution in [0.2, 0.25) is 0 Å². The van der Waals surface area contributed by atoms with Crippen molar-refractivity contribution in [2.75, 3.05) is 7.11 Å². The molecule has 0 aromatic carbocycles. The summed E-state index contributed by atoms with van der Waals surface area (Å²) in [4.78, 5) is 23.7. The molecule has 0 amide bonds. The molecular weight excluding hydrogens is 312 g/mol. The van der Waals surface area contributed by atoms with Crippen LogP contribution in [0.15, 0.2) is 23.8 Å². The van der Waals surface area contributed by atoms with Crippen LogP contribution >= 0.6 is 0 Å². The molecule has 1 saturated carbocycles. The lowest BCUT2D eigenvalue weighted by molar-refractivity contribution is -0.152. The molecule has 0 spiro atoms. The maximum atomic E-state index is 12.1. The van der Waals surface area contributed by atoms with Crippen LogP contribution in [0.25, 0.3) is 0 Å². The monoisotopic (exact) mass is 336 g/mol. The summed E-state index contributed by atoms with van der Waals surface area (Å²) in [5.74, 6) is -1.85. The van der Waals surface area contributed by atoms with E-state index in [1.165, 1.54) is 6.92 Å². The van der Waals surface area contributed by atoms with E-state index in [0.29, 0.717) is 5.57 Å². The van der Waals surface area contributed by atoms with Gasteiger partial charge in [-0.1, -0.05) is 18.2 Å². The standard InChI is InChI=1S/C18H24O6/c1-8-6-11(22-5)15-13(8)16-14(9(2)17(20)24-16)12(23-10(3)19)7-18(15,4)21/h6,11-16,21H,2,7H2,1,3-5H3. The summed E-state index contributed by atoms with van der Waals surface area (Å²) in [7, 11) is 1.60. The van der Waals surface area contributed by atoms with E-state index < -0.39 is 35.7 Å². The summed E-state index contributed by atoms with van der Waals surface area (Å²) in [6.45, 7) is 8.84. The summed E-state index contributed by atoms with van der Waals surface area (Å²) in [6, 6.07) is 0. The fraction of sp³-hybridized carbons (Fsp3) is 0.667. The van der Waals surface area contributed by atoms with Crippen LogP contribution in [-0.2, 0) is 23.8 Å². The number of fused-ring (bicyclic) bond motifs is 3. The zero-order valence-electron chi connectivity index (χ0n) is 14.4. The van der Waals surface area contributed by atoms with E-state index in [1.807, 2.05) is 13.0 Å². The molecule has 6 nitrogen and oxygen atoms in total. The molecule has 1 saturated heterocycles. The summed E-state index contributed by atoms with van der Waals surface area (Å²) >= 11 is 0. The van der Waals surface area contributed by atoms with Crippen LogP contribution in [0.4, 0.5) is 0 Å². The molecule has 132 valence electrons. The molecule has 2 fully saturated rings. The van der Waals surface area contributed by atoms with Gasteiger partial charge in [0.15, 0.2) is 0 Å². The van der Waals surface area contributed by atoms with Crippen molar-refractivity contribution in [2.45, 2.75) is 51.1 Å². The first-order chi connectivity index (χ1) is 11.2. The highest BCUT2D eigenvalue weighted by atomic mass is 16.6. The Kier molecular flexibility index (Phi) is 4.08. The molecule has 1 heterocycles. The van der Waals surface area contributed by atoms with Crippen molar-refractivity contribution in [3.63, 3.8) is 0 Å². The highest BCUT2D eigenvalue weighted by Crippen LogP contribution is 2.53. The Morgan fingerprint density at radius 1 is 1.46 bits per heavy atom. The highest BCUT2D eigenvalue weighted by Gasteiger charge is 2.61. The van der Waals surface area contributed by atoms with Crippen molar-refractivity contribution < 1.29 is 28.9 Å². The van der Waals surface area contributed by atoms with E-state index in [2.05, 4.69) is 6.58 Å². The van der Waals surface area contributed by atoms with Crippen molar-refractivity contribution in [3.05, 3.63) is 23.8 Å². The largest absolute Gasteiger partial charge is 0.462 e. The van der Waals surface area contributed by atoms with Gasteiger partial charge in [0.1, 0.15) is 12.2 Å². The molecule has 7 atom stereocenters. The van der Waals surface area contributed by atoms with E-state index in [1.54, 1.807) is 14.0 Å². The fourth-order valence-electron chi connectivity index (χ4n) is 4.72. The van der Waals surface area contributed by atoms with Gasteiger partial charge in [-0.15, -0.1) is 0 Å². The van der Waals surface area contributed by atoms with Gasteiger partial charge in [0.05, 0.1) is 17.6 Å². The van der Waals surface area contributed by atoms with Crippen molar-refractivity contribution in [3.8, 4) is 0 Å². The molecule has 7 unspecified atom stereocenters. The predicted molar refractivity (Wildman–Crippen MR) is 84.8 cm³/mol. The van der Waals surface area contributed by atoms with Gasteiger partial charge in [0.25, 0.3) is 0 Å². The number of aliphatic hydroxyl groups is 1. The van der Waals surface area contributed by atoms with E-state index in [4.69, 9.17) is 14.2 Å². The fourth-order valence-corrected chi connectivity index (χ4v) is 4.72. The number of ether oxygens (including phenoxy) is 3. The molecule has 1 N–H and O–H groups in total. The van der Waals surface area contributed by atoms with Crippen LogP contribution in [0.3, 0.4) is 0 Å². The maximum Gasteiger partial charge on any atom is 0.334 e. The Morgan fingerprint density at radius 3 is 2.71 bits per heavy atom. The number of carbonyl (C=O) groups is 2. The zero-order chi connectivity index (χ0) is 17.8. The average molecular weight is 336 g/mol. The quantitative estimate of drug-likeness (QED) is 0.466. The Balaban J connectivity index is 2.09. The second-order valence-corrected chi connectivity index (χ2v) is 7.29. The van der Waals surface area contributed by atoms with Gasteiger partial charge in [0, 0.05) is 37.9 Å². The molecule has 0 aromatic heterocycles. The number of hydrogen-bond donors (Lipinski definition) is 1. The lowest BCUT2D eigenvalue weighted by atomic mass is 9.75. The average Bonchev–Trinajstić information content (AvgIpc) is 2.92. The number of methoxy groups -OCH3 is 1. The van der Waals surface area contributed by atoms with Gasteiger partial charge in [-0.25, -0.2) is 4.79 Å². The summed E-state index contributed by atoms with van der Waals surface area (Å²) in [5, 5.41) is 11.2. The minimum absolute atomic E-state index is 0.196. The molecule has 0 radical (unpaired) electrons. The van der Waals surface area contributed by atoms with Gasteiger partial charge < -0.3 is 19.3 Å². The molecule has 3 aliphatic rings. The van der Waals surface area contributed by atoms with Crippen molar-refractivity contribution in [1.29, 1.82) is 0 Å². The number of carbonyl (C=O) groups excluding carboxylic acids is 2. The van der Waals surface area contributed by atoms with E-state index in [0.717, 1.165) is 5.57 Å².